The van der Waals surface area contributed by atoms with E-state index >= 15 is 0 Å². The molecule has 2 aromatic rings. The number of nitrogens with one attached hydrogen (secondary N) is 1. The van der Waals surface area contributed by atoms with Crippen molar-refractivity contribution < 1.29 is 14.3 Å². The molecule has 0 unspecified atom stereocenters. The quantitative estimate of drug-likeness (QED) is 0.507. The van der Waals surface area contributed by atoms with Gasteiger partial charge in [-0.05, 0) is 56.5 Å². The van der Waals surface area contributed by atoms with Crippen molar-refractivity contribution in [3.05, 3.63) is 59.7 Å². The summed E-state index contributed by atoms with van der Waals surface area (Å²) in [6.45, 7) is 8.35. The molecule has 0 radical (unpaired) electrons. The highest BCUT2D eigenvalue weighted by molar-refractivity contribution is 8.00. The predicted octanol–water partition coefficient (Wildman–Crippen LogP) is 4.82. The number of aryl methyl sites for hydroxylation is 1. The number of rotatable bonds is 11. The third kappa shape index (κ3) is 7.62. The van der Waals surface area contributed by atoms with Crippen LogP contribution in [0.1, 0.15) is 44.7 Å². The maximum Gasteiger partial charge on any atom is 0.243 e. The highest BCUT2D eigenvalue weighted by Gasteiger charge is 2.29. The summed E-state index contributed by atoms with van der Waals surface area (Å²) in [6, 6.07) is 15.3. The number of ether oxygens (including phenoxy) is 1. The minimum absolute atomic E-state index is 0.0560. The number of benzene rings is 2. The van der Waals surface area contributed by atoms with Crippen molar-refractivity contribution in [2.75, 3.05) is 12.9 Å². The number of carbonyl (C=O) groups is 2. The van der Waals surface area contributed by atoms with Gasteiger partial charge in [0.05, 0.1) is 12.9 Å². The molecule has 2 aromatic carbocycles. The lowest BCUT2D eigenvalue weighted by Crippen LogP contribution is -2.51. The number of hydrogen-bond acceptors (Lipinski definition) is 4. The summed E-state index contributed by atoms with van der Waals surface area (Å²) in [6.07, 6.45) is 1.39. The van der Waals surface area contributed by atoms with Gasteiger partial charge in [0.2, 0.25) is 11.8 Å². The van der Waals surface area contributed by atoms with Crippen molar-refractivity contribution in [1.29, 1.82) is 0 Å². The zero-order chi connectivity index (χ0) is 22.8. The molecule has 2 rings (SSSR count). The van der Waals surface area contributed by atoms with Gasteiger partial charge in [0, 0.05) is 17.5 Å². The van der Waals surface area contributed by atoms with Gasteiger partial charge in [-0.15, -0.1) is 11.8 Å². The summed E-state index contributed by atoms with van der Waals surface area (Å²) < 4.78 is 5.33. The van der Waals surface area contributed by atoms with Gasteiger partial charge in [-0.25, -0.2) is 0 Å². The lowest BCUT2D eigenvalue weighted by Gasteiger charge is -2.31. The maximum atomic E-state index is 13.3. The molecule has 0 fully saturated rings. The van der Waals surface area contributed by atoms with E-state index in [4.69, 9.17) is 4.74 Å². The molecule has 168 valence electrons. The Kier molecular flexibility index (Phi) is 9.92. The first kappa shape index (κ1) is 24.8. The number of amides is 2. The lowest BCUT2D eigenvalue weighted by molar-refractivity contribution is -0.139. The van der Waals surface area contributed by atoms with Crippen molar-refractivity contribution >= 4 is 23.6 Å². The van der Waals surface area contributed by atoms with E-state index in [1.807, 2.05) is 76.2 Å². The molecule has 0 heterocycles. The van der Waals surface area contributed by atoms with Crippen LogP contribution in [0.2, 0.25) is 0 Å². The van der Waals surface area contributed by atoms with E-state index < -0.39 is 6.04 Å². The van der Waals surface area contributed by atoms with Crippen LogP contribution in [0.25, 0.3) is 0 Å². The Bertz CT molecular complexity index is 854. The molecule has 1 N–H and O–H groups in total. The summed E-state index contributed by atoms with van der Waals surface area (Å²) in [5.74, 6) is 0.851. The topological polar surface area (TPSA) is 58.6 Å². The largest absolute Gasteiger partial charge is 0.497 e. The number of hydrogen-bond donors (Lipinski definition) is 1. The maximum absolute atomic E-state index is 13.3. The van der Waals surface area contributed by atoms with Gasteiger partial charge < -0.3 is 15.0 Å². The predicted molar refractivity (Wildman–Crippen MR) is 127 cm³/mol. The zero-order valence-electron chi connectivity index (χ0n) is 19.2. The number of nitrogens with zero attached hydrogens (tertiary/aromatic N) is 1. The summed E-state index contributed by atoms with van der Waals surface area (Å²) in [5.41, 5.74) is 2.12. The molecule has 2 amide bonds. The second kappa shape index (κ2) is 12.4. The van der Waals surface area contributed by atoms with Gasteiger partial charge in [0.15, 0.2) is 0 Å². The molecule has 2 atom stereocenters. The average Bonchev–Trinajstić information content (AvgIpc) is 2.78. The van der Waals surface area contributed by atoms with Gasteiger partial charge >= 0.3 is 0 Å². The van der Waals surface area contributed by atoms with Gasteiger partial charge in [0.1, 0.15) is 11.8 Å². The van der Waals surface area contributed by atoms with Crippen molar-refractivity contribution in [1.82, 2.24) is 10.2 Å². The summed E-state index contributed by atoms with van der Waals surface area (Å²) in [4.78, 5) is 29.0. The molecular weight excluding hydrogens is 408 g/mol. The molecule has 0 saturated heterocycles. The molecule has 0 bridgehead atoms. The van der Waals surface area contributed by atoms with Crippen LogP contribution in [0.3, 0.4) is 0 Å². The Morgan fingerprint density at radius 3 is 2.42 bits per heavy atom. The van der Waals surface area contributed by atoms with Gasteiger partial charge in [0.25, 0.3) is 0 Å². The molecule has 0 aromatic heterocycles. The van der Waals surface area contributed by atoms with E-state index in [9.17, 15) is 9.59 Å². The van der Waals surface area contributed by atoms with Crippen LogP contribution in [-0.2, 0) is 16.1 Å². The molecule has 0 aliphatic rings. The molecule has 0 aliphatic carbocycles. The van der Waals surface area contributed by atoms with Crippen LogP contribution < -0.4 is 10.1 Å². The van der Waals surface area contributed by atoms with Gasteiger partial charge in [-0.2, -0.15) is 0 Å². The standard InChI is InChI=1S/C25H34N2O3S/c1-6-19(4)26-25(29)23(7-2)27(16-20-9-8-10-21(15-20)30-5)24(28)17-31-22-13-11-18(3)12-14-22/h8-15,19,23H,6-7,16-17H2,1-5H3,(H,26,29)/t19-,23+/m1/s1. The van der Waals surface area contributed by atoms with Gasteiger partial charge in [-0.1, -0.05) is 43.7 Å². The van der Waals surface area contributed by atoms with E-state index in [1.165, 1.54) is 17.3 Å². The van der Waals surface area contributed by atoms with E-state index in [2.05, 4.69) is 5.32 Å². The first-order valence-electron chi connectivity index (χ1n) is 10.8. The molecule has 31 heavy (non-hydrogen) atoms. The van der Waals surface area contributed by atoms with Crippen molar-refractivity contribution in [2.45, 2.75) is 64.1 Å². The molecule has 5 nitrogen and oxygen atoms in total. The zero-order valence-corrected chi connectivity index (χ0v) is 20.0. The minimum atomic E-state index is -0.522. The monoisotopic (exact) mass is 442 g/mol. The van der Waals surface area contributed by atoms with Crippen molar-refractivity contribution in [3.8, 4) is 5.75 Å². The number of thioether (sulfide) groups is 1. The highest BCUT2D eigenvalue weighted by atomic mass is 32.2. The fraction of sp³-hybridized carbons (Fsp3) is 0.440. The Morgan fingerprint density at radius 1 is 1.10 bits per heavy atom. The van der Waals surface area contributed by atoms with Crippen LogP contribution >= 0.6 is 11.8 Å². The fourth-order valence-corrected chi connectivity index (χ4v) is 3.98. The summed E-state index contributed by atoms with van der Waals surface area (Å²) in [7, 11) is 1.62. The molecular formula is C25H34N2O3S. The highest BCUT2D eigenvalue weighted by Crippen LogP contribution is 2.22. The Labute approximate surface area is 190 Å². The van der Waals surface area contributed by atoms with Crippen molar-refractivity contribution in [3.63, 3.8) is 0 Å². The van der Waals surface area contributed by atoms with Crippen LogP contribution in [0, 0.1) is 6.92 Å². The average molecular weight is 443 g/mol. The van der Waals surface area contributed by atoms with Crippen LogP contribution in [0.4, 0.5) is 0 Å². The van der Waals surface area contributed by atoms with E-state index in [1.54, 1.807) is 12.0 Å². The molecule has 6 heteroatoms. The van der Waals surface area contributed by atoms with E-state index in [0.29, 0.717) is 13.0 Å². The second-order valence-electron chi connectivity index (χ2n) is 7.72. The summed E-state index contributed by atoms with van der Waals surface area (Å²) in [5, 5.41) is 3.04. The smallest absolute Gasteiger partial charge is 0.243 e. The fourth-order valence-electron chi connectivity index (χ4n) is 3.19. The third-order valence-corrected chi connectivity index (χ3v) is 6.25. The number of methoxy groups -OCH3 is 1. The van der Waals surface area contributed by atoms with E-state index in [-0.39, 0.29) is 23.6 Å². The normalized spacial score (nSPS) is 12.7. The SMILES string of the molecule is CC[C@@H](C)NC(=O)[C@H](CC)N(Cc1cccc(OC)c1)C(=O)CSc1ccc(C)cc1. The van der Waals surface area contributed by atoms with Crippen LogP contribution in [-0.4, -0.2) is 41.7 Å². The minimum Gasteiger partial charge on any atom is -0.497 e. The molecule has 0 spiro atoms. The Balaban J connectivity index is 2.22. The van der Waals surface area contributed by atoms with Crippen molar-refractivity contribution in [2.24, 2.45) is 0 Å². The third-order valence-electron chi connectivity index (χ3n) is 5.26. The second-order valence-corrected chi connectivity index (χ2v) is 8.77. The number of carbonyl (C=O) groups excluding carboxylic acids is 2. The summed E-state index contributed by atoms with van der Waals surface area (Å²) >= 11 is 1.49. The lowest BCUT2D eigenvalue weighted by atomic mass is 10.1. The Morgan fingerprint density at radius 2 is 1.81 bits per heavy atom. The van der Waals surface area contributed by atoms with Crippen LogP contribution in [0.5, 0.6) is 5.75 Å². The molecule has 0 saturated carbocycles. The van der Waals surface area contributed by atoms with Gasteiger partial charge in [-0.3, -0.25) is 9.59 Å². The first-order chi connectivity index (χ1) is 14.9. The molecule has 0 aliphatic heterocycles. The first-order valence-corrected chi connectivity index (χ1v) is 11.8. The van der Waals surface area contributed by atoms with Crippen LogP contribution in [0.15, 0.2) is 53.4 Å². The van der Waals surface area contributed by atoms with E-state index in [0.717, 1.165) is 22.6 Å². The Hall–Kier alpha value is -2.47.